The van der Waals surface area contributed by atoms with E-state index < -0.39 is 5.97 Å². The van der Waals surface area contributed by atoms with Crippen molar-refractivity contribution in [1.29, 1.82) is 0 Å². The summed E-state index contributed by atoms with van der Waals surface area (Å²) < 4.78 is 0. The first-order valence-electron chi connectivity index (χ1n) is 3.46. The summed E-state index contributed by atoms with van der Waals surface area (Å²) in [5.74, 6) is -1.11. The second-order valence-electron chi connectivity index (χ2n) is 2.19. The number of nitrogens with zero attached hydrogens (tertiary/aromatic N) is 1. The van der Waals surface area contributed by atoms with Crippen LogP contribution in [0.5, 0.6) is 0 Å². The highest BCUT2D eigenvalue weighted by molar-refractivity contribution is 6.33. The van der Waals surface area contributed by atoms with Crippen molar-refractivity contribution in [2.75, 3.05) is 5.43 Å². The van der Waals surface area contributed by atoms with Crippen molar-refractivity contribution in [3.05, 3.63) is 29.3 Å². The molecule has 0 bridgehead atoms. The number of hydrazone groups is 1. The van der Waals surface area contributed by atoms with Crippen LogP contribution in [0.2, 0.25) is 5.02 Å². The van der Waals surface area contributed by atoms with Gasteiger partial charge in [-0.25, -0.2) is 4.79 Å². The van der Waals surface area contributed by atoms with Crippen LogP contribution < -0.4 is 5.43 Å². The van der Waals surface area contributed by atoms with Gasteiger partial charge in [0, 0.05) is 0 Å². The van der Waals surface area contributed by atoms with Gasteiger partial charge in [0.2, 0.25) is 0 Å². The topological polar surface area (TPSA) is 61.7 Å². The maximum Gasteiger partial charge on any atom is 0.348 e. The van der Waals surface area contributed by atoms with Crippen LogP contribution in [0.15, 0.2) is 29.4 Å². The number of nitrogens with one attached hydrogen (secondary N) is 1. The minimum absolute atomic E-state index is 0.491. The minimum Gasteiger partial charge on any atom is -0.477 e. The maximum atomic E-state index is 10.1. The van der Waals surface area contributed by atoms with E-state index in [-0.39, 0.29) is 0 Å². The van der Waals surface area contributed by atoms with Crippen molar-refractivity contribution < 1.29 is 9.90 Å². The molecule has 68 valence electrons. The van der Waals surface area contributed by atoms with Crippen LogP contribution in [0.4, 0.5) is 5.69 Å². The number of carboxylic acid groups (broad SMARTS) is 1. The summed E-state index contributed by atoms with van der Waals surface area (Å²) in [6.07, 6.45) is 0.753. The second-order valence-corrected chi connectivity index (χ2v) is 2.60. The quantitative estimate of drug-likeness (QED) is 0.575. The molecule has 0 atom stereocenters. The van der Waals surface area contributed by atoms with Gasteiger partial charge < -0.3 is 5.11 Å². The van der Waals surface area contributed by atoms with E-state index in [4.69, 9.17) is 16.7 Å². The Labute approximate surface area is 79.8 Å². The zero-order chi connectivity index (χ0) is 9.68. The Balaban J connectivity index is 2.64. The summed E-state index contributed by atoms with van der Waals surface area (Å²) in [7, 11) is 0. The molecule has 0 spiro atoms. The third-order valence-corrected chi connectivity index (χ3v) is 1.56. The number of rotatable bonds is 3. The zero-order valence-electron chi connectivity index (χ0n) is 6.57. The summed E-state index contributed by atoms with van der Waals surface area (Å²) in [6.45, 7) is 0. The van der Waals surface area contributed by atoms with Gasteiger partial charge in [0.05, 0.1) is 10.7 Å². The molecule has 0 saturated carbocycles. The highest BCUT2D eigenvalue weighted by atomic mass is 35.5. The van der Waals surface area contributed by atoms with E-state index in [0.29, 0.717) is 10.7 Å². The molecule has 0 aliphatic heterocycles. The van der Waals surface area contributed by atoms with Crippen molar-refractivity contribution in [2.24, 2.45) is 5.10 Å². The minimum atomic E-state index is -1.11. The molecule has 1 aromatic carbocycles. The molecule has 4 nitrogen and oxygen atoms in total. The first kappa shape index (κ1) is 9.54. The number of anilines is 1. The Hall–Kier alpha value is -1.55. The van der Waals surface area contributed by atoms with E-state index in [1.165, 1.54) is 0 Å². The van der Waals surface area contributed by atoms with Gasteiger partial charge in [0.1, 0.15) is 6.21 Å². The lowest BCUT2D eigenvalue weighted by Gasteiger charge is -2.00. The van der Waals surface area contributed by atoms with Gasteiger partial charge in [-0.15, -0.1) is 0 Å². The summed E-state index contributed by atoms with van der Waals surface area (Å²) in [5.41, 5.74) is 3.07. The number of hydrogen-bond acceptors (Lipinski definition) is 3. The van der Waals surface area contributed by atoms with Crippen molar-refractivity contribution in [3.63, 3.8) is 0 Å². The number of hydrogen-bond donors (Lipinski definition) is 2. The van der Waals surface area contributed by atoms with Crippen molar-refractivity contribution in [3.8, 4) is 0 Å². The number of halogens is 1. The zero-order valence-corrected chi connectivity index (χ0v) is 7.32. The predicted molar refractivity (Wildman–Crippen MR) is 51.2 cm³/mol. The SMILES string of the molecule is O=C(O)C=NNc1ccccc1Cl. The molecule has 0 radical (unpaired) electrons. The van der Waals surface area contributed by atoms with E-state index >= 15 is 0 Å². The second kappa shape index (κ2) is 4.47. The van der Waals surface area contributed by atoms with Gasteiger partial charge in [-0.2, -0.15) is 5.10 Å². The van der Waals surface area contributed by atoms with E-state index in [1.54, 1.807) is 24.3 Å². The lowest BCUT2D eigenvalue weighted by Crippen LogP contribution is -1.98. The first-order chi connectivity index (χ1) is 6.20. The number of carboxylic acids is 1. The molecule has 5 heteroatoms. The molecule has 0 saturated heterocycles. The molecule has 0 aliphatic carbocycles. The van der Waals surface area contributed by atoms with Gasteiger partial charge in [0.15, 0.2) is 0 Å². The van der Waals surface area contributed by atoms with Crippen LogP contribution in [0.3, 0.4) is 0 Å². The Morgan fingerprint density at radius 3 is 2.85 bits per heavy atom. The predicted octanol–water partition coefficient (Wildman–Crippen LogP) is 1.82. The highest BCUT2D eigenvalue weighted by Crippen LogP contribution is 2.19. The molecule has 0 aromatic heterocycles. The Morgan fingerprint density at radius 2 is 2.23 bits per heavy atom. The number of para-hydroxylation sites is 1. The average molecular weight is 199 g/mol. The van der Waals surface area contributed by atoms with E-state index in [2.05, 4.69) is 10.5 Å². The number of benzene rings is 1. The van der Waals surface area contributed by atoms with Gasteiger partial charge in [-0.3, -0.25) is 5.43 Å². The third-order valence-electron chi connectivity index (χ3n) is 1.23. The van der Waals surface area contributed by atoms with Gasteiger partial charge in [0.25, 0.3) is 0 Å². The van der Waals surface area contributed by atoms with E-state index in [9.17, 15) is 4.79 Å². The number of aliphatic carboxylic acids is 1. The van der Waals surface area contributed by atoms with Crippen molar-refractivity contribution >= 4 is 29.5 Å². The Kier molecular flexibility index (Phi) is 3.28. The molecule has 13 heavy (non-hydrogen) atoms. The molecule has 0 unspecified atom stereocenters. The largest absolute Gasteiger partial charge is 0.477 e. The Bertz CT molecular complexity index is 339. The van der Waals surface area contributed by atoms with Gasteiger partial charge >= 0.3 is 5.97 Å². The third kappa shape index (κ3) is 3.13. The smallest absolute Gasteiger partial charge is 0.348 e. The fourth-order valence-corrected chi connectivity index (χ4v) is 0.887. The molecule has 2 N–H and O–H groups in total. The van der Waals surface area contributed by atoms with Crippen LogP contribution in [0.1, 0.15) is 0 Å². The molecule has 0 heterocycles. The van der Waals surface area contributed by atoms with Crippen LogP contribution >= 0.6 is 11.6 Å². The van der Waals surface area contributed by atoms with Crippen LogP contribution in [-0.4, -0.2) is 17.3 Å². The van der Waals surface area contributed by atoms with Crippen LogP contribution in [-0.2, 0) is 4.79 Å². The monoisotopic (exact) mass is 198 g/mol. The summed E-state index contributed by atoms with van der Waals surface area (Å²) in [6, 6.07) is 6.92. The fourth-order valence-electron chi connectivity index (χ4n) is 0.709. The Morgan fingerprint density at radius 1 is 1.54 bits per heavy atom. The molecule has 1 aromatic rings. The van der Waals surface area contributed by atoms with E-state index in [0.717, 1.165) is 6.21 Å². The average Bonchev–Trinajstić information content (AvgIpc) is 2.08. The highest BCUT2D eigenvalue weighted by Gasteiger charge is 1.95. The normalized spacial score (nSPS) is 10.2. The van der Waals surface area contributed by atoms with Gasteiger partial charge in [-0.1, -0.05) is 23.7 Å². The summed E-state index contributed by atoms with van der Waals surface area (Å²) >= 11 is 5.76. The van der Waals surface area contributed by atoms with Crippen LogP contribution in [0.25, 0.3) is 0 Å². The molecular formula is C8H7ClN2O2. The lowest BCUT2D eigenvalue weighted by atomic mass is 10.3. The van der Waals surface area contributed by atoms with Crippen molar-refractivity contribution in [2.45, 2.75) is 0 Å². The van der Waals surface area contributed by atoms with Crippen LogP contribution in [0, 0.1) is 0 Å². The van der Waals surface area contributed by atoms with E-state index in [1.807, 2.05) is 0 Å². The van der Waals surface area contributed by atoms with Crippen molar-refractivity contribution in [1.82, 2.24) is 0 Å². The summed E-state index contributed by atoms with van der Waals surface area (Å²) in [4.78, 5) is 10.1. The first-order valence-corrected chi connectivity index (χ1v) is 3.84. The molecule has 1 rings (SSSR count). The molecular weight excluding hydrogens is 192 g/mol. The molecule has 0 aliphatic rings. The maximum absolute atomic E-state index is 10.1. The number of carbonyl (C=O) groups is 1. The standard InChI is InChI=1S/C8H7ClN2O2/c9-6-3-1-2-4-7(6)11-10-5-8(12)13/h1-5,11H,(H,12,13). The van der Waals surface area contributed by atoms with Gasteiger partial charge in [-0.05, 0) is 12.1 Å². The summed E-state index contributed by atoms with van der Waals surface area (Å²) in [5, 5.41) is 12.2. The fraction of sp³-hybridized carbons (Fsp3) is 0. The molecule has 0 amide bonds. The lowest BCUT2D eigenvalue weighted by molar-refractivity contribution is -0.128. The molecule has 0 fully saturated rings.